The highest BCUT2D eigenvalue weighted by Crippen LogP contribution is 2.32. The first-order valence-electron chi connectivity index (χ1n) is 7.94. The summed E-state index contributed by atoms with van der Waals surface area (Å²) in [6.45, 7) is 0.508. The number of hydrogen-bond donors (Lipinski definition) is 0. The number of fused-ring (bicyclic) bond motifs is 1. The molecule has 9 heteroatoms. The molecule has 0 aliphatic heterocycles. The largest absolute Gasteiger partial charge is 0.328 e. The molecule has 0 radical (unpaired) electrons. The Balaban J connectivity index is 1.94. The summed E-state index contributed by atoms with van der Waals surface area (Å²) in [5.41, 5.74) is 3.39. The van der Waals surface area contributed by atoms with Gasteiger partial charge >= 0.3 is 0 Å². The molecule has 0 N–H and O–H groups in total. The van der Waals surface area contributed by atoms with Crippen molar-refractivity contribution in [2.24, 2.45) is 0 Å². The molecule has 1 aromatic carbocycles. The molecule has 0 aliphatic carbocycles. The lowest BCUT2D eigenvalue weighted by Crippen LogP contribution is -2.04. The fraction of sp³-hybridized carbons (Fsp3) is 0.111. The minimum Gasteiger partial charge on any atom is -0.328 e. The third kappa shape index (κ3) is 3.03. The second kappa shape index (κ2) is 6.99. The summed E-state index contributed by atoms with van der Waals surface area (Å²) in [5.74, 6) is -0.122. The lowest BCUT2D eigenvalue weighted by Gasteiger charge is -2.09. The van der Waals surface area contributed by atoms with E-state index in [-0.39, 0.29) is 5.02 Å². The molecule has 134 valence electrons. The van der Waals surface area contributed by atoms with Crippen molar-refractivity contribution in [1.82, 2.24) is 24.1 Å². The van der Waals surface area contributed by atoms with E-state index < -0.39 is 5.82 Å². The molecule has 0 saturated carbocycles. The van der Waals surface area contributed by atoms with Crippen molar-refractivity contribution in [3.8, 4) is 28.7 Å². The maximum absolute atomic E-state index is 13.6. The van der Waals surface area contributed by atoms with Crippen molar-refractivity contribution < 1.29 is 4.39 Å². The highest BCUT2D eigenvalue weighted by atomic mass is 35.5. The van der Waals surface area contributed by atoms with Crippen LogP contribution in [0.4, 0.5) is 4.39 Å². The number of aromatic nitrogens is 5. The standard InChI is InChI=1S/C18H11Cl2FN6/c19-5-6-26-10-24-17(11-1-2-14(21)13(20)7-11)18(26)15-3-4-16-23-9-12(8-22)27(16)25-15/h1-4,7,9-10H,5-6H2. The molecule has 0 spiro atoms. The minimum absolute atomic E-state index is 0.00938. The molecule has 0 aliphatic rings. The lowest BCUT2D eigenvalue weighted by molar-refractivity contribution is 0.628. The van der Waals surface area contributed by atoms with Gasteiger partial charge in [0.15, 0.2) is 11.3 Å². The molecule has 0 bridgehead atoms. The predicted molar refractivity (Wildman–Crippen MR) is 100 cm³/mol. The van der Waals surface area contributed by atoms with Crippen LogP contribution in [0.25, 0.3) is 28.3 Å². The van der Waals surface area contributed by atoms with E-state index in [1.165, 1.54) is 22.8 Å². The predicted octanol–water partition coefficient (Wildman–Crippen LogP) is 4.16. The van der Waals surface area contributed by atoms with Crippen molar-refractivity contribution in [1.29, 1.82) is 5.26 Å². The molecule has 4 aromatic rings. The zero-order chi connectivity index (χ0) is 19.0. The third-order valence-corrected chi connectivity index (χ3v) is 4.53. The normalized spacial score (nSPS) is 11.0. The smallest absolute Gasteiger partial charge is 0.162 e. The van der Waals surface area contributed by atoms with Crippen LogP contribution in [0.3, 0.4) is 0 Å². The molecule has 3 aromatic heterocycles. The Kier molecular flexibility index (Phi) is 4.52. The summed E-state index contributed by atoms with van der Waals surface area (Å²) in [5, 5.41) is 13.8. The number of nitrogens with zero attached hydrogens (tertiary/aromatic N) is 6. The number of alkyl halides is 1. The quantitative estimate of drug-likeness (QED) is 0.482. The highest BCUT2D eigenvalue weighted by molar-refractivity contribution is 6.31. The molecular weight excluding hydrogens is 390 g/mol. The number of imidazole rings is 2. The Labute approximate surface area is 163 Å². The van der Waals surface area contributed by atoms with E-state index in [1.807, 2.05) is 4.57 Å². The van der Waals surface area contributed by atoms with Crippen LogP contribution < -0.4 is 0 Å². The number of nitriles is 1. The fourth-order valence-corrected chi connectivity index (χ4v) is 3.20. The summed E-state index contributed by atoms with van der Waals surface area (Å²) in [6.07, 6.45) is 3.11. The van der Waals surface area contributed by atoms with Gasteiger partial charge in [-0.15, -0.1) is 11.6 Å². The van der Waals surface area contributed by atoms with E-state index in [0.717, 1.165) is 0 Å². The summed E-state index contributed by atoms with van der Waals surface area (Å²) < 4.78 is 16.9. The van der Waals surface area contributed by atoms with Gasteiger partial charge in [0.05, 0.1) is 28.9 Å². The SMILES string of the molecule is N#Cc1cnc2ccc(-c3c(-c4ccc(F)c(Cl)c4)ncn3CCCl)nn12. The lowest BCUT2D eigenvalue weighted by atomic mass is 10.1. The zero-order valence-corrected chi connectivity index (χ0v) is 15.3. The molecule has 0 amide bonds. The van der Waals surface area contributed by atoms with Crippen LogP contribution in [0.2, 0.25) is 5.02 Å². The van der Waals surface area contributed by atoms with Crippen molar-refractivity contribution in [3.63, 3.8) is 0 Å². The summed E-state index contributed by atoms with van der Waals surface area (Å²) in [4.78, 5) is 8.60. The van der Waals surface area contributed by atoms with Crippen LogP contribution in [0.1, 0.15) is 5.69 Å². The van der Waals surface area contributed by atoms with E-state index in [4.69, 9.17) is 23.2 Å². The molecule has 0 fully saturated rings. The second-order valence-electron chi connectivity index (χ2n) is 5.70. The molecule has 6 nitrogen and oxygen atoms in total. The number of aryl methyl sites for hydroxylation is 1. The second-order valence-corrected chi connectivity index (χ2v) is 6.48. The van der Waals surface area contributed by atoms with E-state index in [9.17, 15) is 9.65 Å². The van der Waals surface area contributed by atoms with E-state index in [0.29, 0.717) is 46.4 Å². The molecule has 4 rings (SSSR count). The van der Waals surface area contributed by atoms with Gasteiger partial charge in [-0.3, -0.25) is 0 Å². The van der Waals surface area contributed by atoms with Gasteiger partial charge in [-0.25, -0.2) is 18.9 Å². The first kappa shape index (κ1) is 17.5. The molecule has 0 saturated heterocycles. The molecular formula is C18H11Cl2FN6. The Hall–Kier alpha value is -2.95. The number of rotatable bonds is 4. The number of benzene rings is 1. The van der Waals surface area contributed by atoms with E-state index in [1.54, 1.807) is 24.5 Å². The Morgan fingerprint density at radius 3 is 2.78 bits per heavy atom. The minimum atomic E-state index is -0.501. The maximum atomic E-state index is 13.6. The highest BCUT2D eigenvalue weighted by Gasteiger charge is 2.18. The van der Waals surface area contributed by atoms with E-state index in [2.05, 4.69) is 21.1 Å². The van der Waals surface area contributed by atoms with Crippen LogP contribution in [0.15, 0.2) is 42.9 Å². The average molecular weight is 401 g/mol. The van der Waals surface area contributed by atoms with Gasteiger partial charge in [0.1, 0.15) is 17.6 Å². The van der Waals surface area contributed by atoms with Crippen molar-refractivity contribution in [3.05, 3.63) is 59.4 Å². The van der Waals surface area contributed by atoms with Gasteiger partial charge in [-0.1, -0.05) is 11.6 Å². The topological polar surface area (TPSA) is 71.8 Å². The third-order valence-electron chi connectivity index (χ3n) is 4.08. The van der Waals surface area contributed by atoms with Crippen LogP contribution in [-0.2, 0) is 6.54 Å². The zero-order valence-electron chi connectivity index (χ0n) is 13.8. The van der Waals surface area contributed by atoms with Crippen LogP contribution in [0, 0.1) is 17.1 Å². The first-order valence-corrected chi connectivity index (χ1v) is 8.85. The fourth-order valence-electron chi connectivity index (χ4n) is 2.84. The Bertz CT molecular complexity index is 1190. The van der Waals surface area contributed by atoms with Gasteiger partial charge in [0.2, 0.25) is 0 Å². The molecule has 27 heavy (non-hydrogen) atoms. The average Bonchev–Trinajstić information content (AvgIpc) is 3.27. The summed E-state index contributed by atoms with van der Waals surface area (Å²) in [7, 11) is 0. The van der Waals surface area contributed by atoms with Gasteiger partial charge in [0.25, 0.3) is 0 Å². The van der Waals surface area contributed by atoms with E-state index >= 15 is 0 Å². The van der Waals surface area contributed by atoms with Gasteiger partial charge < -0.3 is 4.57 Å². The summed E-state index contributed by atoms with van der Waals surface area (Å²) >= 11 is 11.9. The number of halogens is 3. The molecule has 0 atom stereocenters. The summed E-state index contributed by atoms with van der Waals surface area (Å²) in [6, 6.07) is 10.0. The number of hydrogen-bond acceptors (Lipinski definition) is 4. The maximum Gasteiger partial charge on any atom is 0.162 e. The van der Waals surface area contributed by atoms with Crippen LogP contribution in [-0.4, -0.2) is 30.0 Å². The van der Waals surface area contributed by atoms with Crippen molar-refractivity contribution >= 4 is 28.8 Å². The van der Waals surface area contributed by atoms with Crippen LogP contribution >= 0.6 is 23.2 Å². The van der Waals surface area contributed by atoms with Crippen molar-refractivity contribution in [2.45, 2.75) is 6.54 Å². The molecule has 0 unspecified atom stereocenters. The first-order chi connectivity index (χ1) is 13.1. The van der Waals surface area contributed by atoms with Crippen LogP contribution in [0.5, 0.6) is 0 Å². The van der Waals surface area contributed by atoms with Crippen molar-refractivity contribution in [2.75, 3.05) is 5.88 Å². The van der Waals surface area contributed by atoms with Gasteiger partial charge in [-0.2, -0.15) is 10.4 Å². The monoisotopic (exact) mass is 400 g/mol. The Morgan fingerprint density at radius 1 is 1.19 bits per heavy atom. The Morgan fingerprint density at radius 2 is 2.04 bits per heavy atom. The van der Waals surface area contributed by atoms with Gasteiger partial charge in [-0.05, 0) is 30.3 Å². The van der Waals surface area contributed by atoms with Gasteiger partial charge in [0, 0.05) is 18.0 Å². The molecule has 3 heterocycles.